The molecular formula is C21H18N2O3. The van der Waals surface area contributed by atoms with E-state index in [0.717, 1.165) is 38.8 Å². The highest BCUT2D eigenvalue weighted by Gasteiger charge is 2.16. The summed E-state index contributed by atoms with van der Waals surface area (Å²) in [6, 6.07) is 17.4. The Morgan fingerprint density at radius 3 is 2.31 bits per heavy atom. The SMILES string of the molecule is COC(=O)c1ccc(-n2nc(C)c3cc(OC)c4ccccc4c32)cc1. The summed E-state index contributed by atoms with van der Waals surface area (Å²) >= 11 is 0. The Kier molecular flexibility index (Phi) is 3.84. The van der Waals surface area contributed by atoms with Gasteiger partial charge in [0.2, 0.25) is 0 Å². The van der Waals surface area contributed by atoms with Crippen LogP contribution in [0.5, 0.6) is 5.75 Å². The van der Waals surface area contributed by atoms with Gasteiger partial charge < -0.3 is 9.47 Å². The largest absolute Gasteiger partial charge is 0.496 e. The standard InChI is InChI=1S/C21H18N2O3/c1-13-18-12-19(25-2)16-6-4-5-7-17(16)20(18)23(22-13)15-10-8-14(9-11-15)21(24)26-3/h4-12H,1-3H3. The number of carbonyl (C=O) groups is 1. The highest BCUT2D eigenvalue weighted by atomic mass is 16.5. The maximum Gasteiger partial charge on any atom is 0.337 e. The van der Waals surface area contributed by atoms with Crippen molar-refractivity contribution in [1.29, 1.82) is 0 Å². The minimum atomic E-state index is -0.353. The van der Waals surface area contributed by atoms with Gasteiger partial charge in [0.15, 0.2) is 0 Å². The molecule has 0 bridgehead atoms. The number of rotatable bonds is 3. The molecule has 0 radical (unpaired) electrons. The summed E-state index contributed by atoms with van der Waals surface area (Å²) < 4.78 is 12.2. The third kappa shape index (κ3) is 2.40. The number of benzene rings is 3. The van der Waals surface area contributed by atoms with Gasteiger partial charge in [-0.1, -0.05) is 24.3 Å². The molecule has 0 aliphatic heterocycles. The Balaban J connectivity index is 1.99. The van der Waals surface area contributed by atoms with Gasteiger partial charge >= 0.3 is 5.97 Å². The molecule has 0 aliphatic carbocycles. The van der Waals surface area contributed by atoms with Crippen LogP contribution in [0.15, 0.2) is 54.6 Å². The Bertz CT molecular complexity index is 1130. The van der Waals surface area contributed by atoms with Crippen molar-refractivity contribution in [1.82, 2.24) is 9.78 Å². The van der Waals surface area contributed by atoms with Crippen LogP contribution in [0.1, 0.15) is 16.1 Å². The molecule has 5 nitrogen and oxygen atoms in total. The zero-order valence-corrected chi connectivity index (χ0v) is 14.8. The summed E-state index contributed by atoms with van der Waals surface area (Å²) in [6.07, 6.45) is 0. The van der Waals surface area contributed by atoms with Gasteiger partial charge in [-0.2, -0.15) is 5.10 Å². The fraction of sp³-hybridized carbons (Fsp3) is 0.143. The minimum Gasteiger partial charge on any atom is -0.496 e. The van der Waals surface area contributed by atoms with Crippen molar-refractivity contribution in [2.24, 2.45) is 0 Å². The van der Waals surface area contributed by atoms with E-state index in [1.807, 2.05) is 48.0 Å². The maximum absolute atomic E-state index is 11.7. The highest BCUT2D eigenvalue weighted by Crippen LogP contribution is 2.35. The van der Waals surface area contributed by atoms with E-state index < -0.39 is 0 Å². The molecule has 3 aromatic carbocycles. The monoisotopic (exact) mass is 346 g/mol. The first-order valence-corrected chi connectivity index (χ1v) is 8.28. The van der Waals surface area contributed by atoms with Crippen molar-refractivity contribution in [3.8, 4) is 11.4 Å². The molecule has 0 fully saturated rings. The molecule has 0 unspecified atom stereocenters. The zero-order chi connectivity index (χ0) is 18.3. The third-order valence-electron chi connectivity index (χ3n) is 4.58. The molecule has 5 heteroatoms. The number of nitrogens with zero attached hydrogens (tertiary/aromatic N) is 2. The van der Waals surface area contributed by atoms with Crippen molar-refractivity contribution < 1.29 is 14.3 Å². The number of aromatic nitrogens is 2. The van der Waals surface area contributed by atoms with E-state index in [2.05, 4.69) is 6.07 Å². The van der Waals surface area contributed by atoms with Crippen LogP contribution in [-0.2, 0) is 4.74 Å². The molecule has 0 aliphatic rings. The van der Waals surface area contributed by atoms with Gasteiger partial charge in [-0.3, -0.25) is 0 Å². The average Bonchev–Trinajstić information content (AvgIpc) is 3.03. The first kappa shape index (κ1) is 16.1. The topological polar surface area (TPSA) is 53.4 Å². The molecule has 4 rings (SSSR count). The lowest BCUT2D eigenvalue weighted by Gasteiger charge is -2.10. The van der Waals surface area contributed by atoms with Crippen LogP contribution in [0.3, 0.4) is 0 Å². The van der Waals surface area contributed by atoms with E-state index in [-0.39, 0.29) is 5.97 Å². The van der Waals surface area contributed by atoms with Gasteiger partial charge in [0.1, 0.15) is 5.75 Å². The fourth-order valence-corrected chi connectivity index (χ4v) is 3.30. The average molecular weight is 346 g/mol. The van der Waals surface area contributed by atoms with E-state index >= 15 is 0 Å². The number of fused-ring (bicyclic) bond motifs is 3. The molecule has 4 aromatic rings. The van der Waals surface area contributed by atoms with E-state index in [0.29, 0.717) is 5.56 Å². The second-order valence-corrected chi connectivity index (χ2v) is 6.06. The summed E-state index contributed by atoms with van der Waals surface area (Å²) in [6.45, 7) is 1.98. The minimum absolute atomic E-state index is 0.353. The molecule has 0 spiro atoms. The van der Waals surface area contributed by atoms with Gasteiger partial charge in [0.05, 0.1) is 36.7 Å². The Morgan fingerprint density at radius 1 is 0.962 bits per heavy atom. The predicted octanol–water partition coefficient (Wildman–Crippen LogP) is 4.28. The smallest absolute Gasteiger partial charge is 0.337 e. The summed E-state index contributed by atoms with van der Waals surface area (Å²) in [5.41, 5.74) is 3.33. The number of ether oxygens (including phenoxy) is 2. The molecule has 0 N–H and O–H groups in total. The van der Waals surface area contributed by atoms with Crippen molar-refractivity contribution in [2.45, 2.75) is 6.92 Å². The molecule has 0 amide bonds. The number of esters is 1. The summed E-state index contributed by atoms with van der Waals surface area (Å²) in [7, 11) is 3.05. The number of methoxy groups -OCH3 is 2. The van der Waals surface area contributed by atoms with E-state index in [4.69, 9.17) is 14.6 Å². The Morgan fingerprint density at radius 2 is 1.65 bits per heavy atom. The van der Waals surface area contributed by atoms with Crippen molar-refractivity contribution in [2.75, 3.05) is 14.2 Å². The molecule has 1 aromatic heterocycles. The van der Waals surface area contributed by atoms with E-state index in [1.165, 1.54) is 7.11 Å². The van der Waals surface area contributed by atoms with E-state index in [1.54, 1.807) is 19.2 Å². The van der Waals surface area contributed by atoms with Crippen LogP contribution in [0.2, 0.25) is 0 Å². The van der Waals surface area contributed by atoms with Crippen molar-refractivity contribution in [3.63, 3.8) is 0 Å². The second-order valence-electron chi connectivity index (χ2n) is 6.06. The van der Waals surface area contributed by atoms with Crippen LogP contribution < -0.4 is 4.74 Å². The first-order chi connectivity index (χ1) is 12.6. The number of aryl methyl sites for hydroxylation is 1. The fourth-order valence-electron chi connectivity index (χ4n) is 3.30. The second kappa shape index (κ2) is 6.19. The van der Waals surface area contributed by atoms with Crippen LogP contribution in [0.4, 0.5) is 0 Å². The van der Waals surface area contributed by atoms with Crippen molar-refractivity contribution in [3.05, 3.63) is 65.9 Å². The lowest BCUT2D eigenvalue weighted by molar-refractivity contribution is 0.0600. The van der Waals surface area contributed by atoms with Gasteiger partial charge in [-0.25, -0.2) is 9.48 Å². The number of hydrogen-bond donors (Lipinski definition) is 0. The molecule has 0 atom stereocenters. The zero-order valence-electron chi connectivity index (χ0n) is 14.8. The number of carbonyl (C=O) groups excluding carboxylic acids is 1. The van der Waals surface area contributed by atoms with Crippen LogP contribution in [0, 0.1) is 6.92 Å². The Labute approximate surface area is 150 Å². The van der Waals surface area contributed by atoms with Gasteiger partial charge in [0, 0.05) is 16.2 Å². The summed E-state index contributed by atoms with van der Waals surface area (Å²) in [5, 5.41) is 7.87. The molecular weight excluding hydrogens is 328 g/mol. The quantitative estimate of drug-likeness (QED) is 0.520. The molecule has 130 valence electrons. The van der Waals surface area contributed by atoms with Crippen molar-refractivity contribution >= 4 is 27.6 Å². The van der Waals surface area contributed by atoms with Crippen LogP contribution >= 0.6 is 0 Å². The van der Waals surface area contributed by atoms with Crippen LogP contribution in [-0.4, -0.2) is 30.0 Å². The predicted molar refractivity (Wildman–Crippen MR) is 101 cm³/mol. The normalized spacial score (nSPS) is 11.0. The van der Waals surface area contributed by atoms with E-state index in [9.17, 15) is 4.79 Å². The van der Waals surface area contributed by atoms with Gasteiger partial charge in [0.25, 0.3) is 0 Å². The lowest BCUT2D eigenvalue weighted by Crippen LogP contribution is -2.02. The third-order valence-corrected chi connectivity index (χ3v) is 4.58. The lowest BCUT2D eigenvalue weighted by atomic mass is 10.0. The maximum atomic E-state index is 11.7. The first-order valence-electron chi connectivity index (χ1n) is 8.28. The summed E-state index contributed by atoms with van der Waals surface area (Å²) in [4.78, 5) is 11.7. The molecule has 0 saturated heterocycles. The molecule has 1 heterocycles. The molecule has 26 heavy (non-hydrogen) atoms. The molecule has 0 saturated carbocycles. The van der Waals surface area contributed by atoms with Crippen LogP contribution in [0.25, 0.3) is 27.4 Å². The summed E-state index contributed by atoms with van der Waals surface area (Å²) in [5.74, 6) is 0.477. The van der Waals surface area contributed by atoms with Gasteiger partial charge in [-0.05, 0) is 37.3 Å². The number of hydrogen-bond acceptors (Lipinski definition) is 4. The highest BCUT2D eigenvalue weighted by molar-refractivity contribution is 6.10. The van der Waals surface area contributed by atoms with Gasteiger partial charge in [-0.15, -0.1) is 0 Å². The Hall–Kier alpha value is -3.34.